The molecule has 0 aliphatic heterocycles. The Hall–Kier alpha value is -1.09. The first-order valence-corrected chi connectivity index (χ1v) is 5.72. The summed E-state index contributed by atoms with van der Waals surface area (Å²) in [4.78, 5) is 4.57. The zero-order valence-electron chi connectivity index (χ0n) is 10.8. The molecule has 1 heterocycles. The minimum absolute atomic E-state index is 0.00140. The van der Waals surface area contributed by atoms with Crippen LogP contribution in [0.3, 0.4) is 0 Å². The van der Waals surface area contributed by atoms with Crippen molar-refractivity contribution in [2.24, 2.45) is 0 Å². The molecule has 0 atom stereocenters. The van der Waals surface area contributed by atoms with Crippen LogP contribution in [0.1, 0.15) is 45.9 Å². The number of pyridine rings is 1. The number of nitrogens with zero attached hydrogens (tertiary/aromatic N) is 1. The third-order valence-corrected chi connectivity index (χ3v) is 2.27. The Kier molecular flexibility index (Phi) is 3.92. The highest BCUT2D eigenvalue weighted by Gasteiger charge is 2.17. The molecule has 90 valence electrons. The molecule has 0 aromatic carbocycles. The van der Waals surface area contributed by atoms with E-state index in [1.165, 1.54) is 0 Å². The second kappa shape index (κ2) is 4.83. The predicted molar refractivity (Wildman–Crippen MR) is 67.6 cm³/mol. The molecule has 0 aliphatic rings. The van der Waals surface area contributed by atoms with Crippen LogP contribution in [0.5, 0.6) is 0 Å². The van der Waals surface area contributed by atoms with Crippen LogP contribution in [0.4, 0.5) is 5.82 Å². The minimum atomic E-state index is -0.00140. The number of aromatic nitrogens is 1. The van der Waals surface area contributed by atoms with Gasteiger partial charge in [0.15, 0.2) is 0 Å². The van der Waals surface area contributed by atoms with Crippen LogP contribution in [0.15, 0.2) is 12.1 Å². The van der Waals surface area contributed by atoms with Crippen LogP contribution in [-0.2, 0) is 12.0 Å². The van der Waals surface area contributed by atoms with E-state index in [-0.39, 0.29) is 12.0 Å². The third kappa shape index (κ3) is 3.49. The molecular formula is C13H22N2O. The van der Waals surface area contributed by atoms with E-state index in [9.17, 15) is 5.11 Å². The normalized spacial score (nSPS) is 11.9. The lowest BCUT2D eigenvalue weighted by molar-refractivity contribution is 0.281. The van der Waals surface area contributed by atoms with Gasteiger partial charge in [-0.25, -0.2) is 4.98 Å². The molecule has 0 unspecified atom stereocenters. The first-order valence-electron chi connectivity index (χ1n) is 5.72. The van der Waals surface area contributed by atoms with Gasteiger partial charge in [-0.1, -0.05) is 20.8 Å². The van der Waals surface area contributed by atoms with E-state index in [0.29, 0.717) is 6.04 Å². The summed E-state index contributed by atoms with van der Waals surface area (Å²) in [6, 6.07) is 4.20. The summed E-state index contributed by atoms with van der Waals surface area (Å²) in [5, 5.41) is 12.5. The van der Waals surface area contributed by atoms with Gasteiger partial charge < -0.3 is 10.4 Å². The van der Waals surface area contributed by atoms with E-state index >= 15 is 0 Å². The van der Waals surface area contributed by atoms with Gasteiger partial charge >= 0.3 is 0 Å². The van der Waals surface area contributed by atoms with Crippen molar-refractivity contribution >= 4 is 5.82 Å². The standard InChI is InChI=1S/C13H22N2O/c1-9(2)14-12-7-10(8-16)6-11(15-12)13(3,4)5/h6-7,9,16H,8H2,1-5H3,(H,14,15). The van der Waals surface area contributed by atoms with Gasteiger partial charge in [-0.15, -0.1) is 0 Å². The highest BCUT2D eigenvalue weighted by molar-refractivity contribution is 5.41. The van der Waals surface area contributed by atoms with Crippen molar-refractivity contribution in [3.05, 3.63) is 23.4 Å². The van der Waals surface area contributed by atoms with Crippen LogP contribution in [0, 0.1) is 0 Å². The molecule has 16 heavy (non-hydrogen) atoms. The van der Waals surface area contributed by atoms with Crippen molar-refractivity contribution < 1.29 is 5.11 Å². The fourth-order valence-electron chi connectivity index (χ4n) is 1.43. The molecule has 3 heteroatoms. The summed E-state index contributed by atoms with van der Waals surface area (Å²) >= 11 is 0. The fraction of sp³-hybridized carbons (Fsp3) is 0.615. The van der Waals surface area contributed by atoms with Crippen molar-refractivity contribution in [1.82, 2.24) is 4.98 Å². The van der Waals surface area contributed by atoms with E-state index in [2.05, 4.69) is 44.9 Å². The molecular weight excluding hydrogens is 200 g/mol. The highest BCUT2D eigenvalue weighted by Crippen LogP contribution is 2.23. The maximum absolute atomic E-state index is 9.23. The lowest BCUT2D eigenvalue weighted by Crippen LogP contribution is -2.17. The summed E-state index contributed by atoms with van der Waals surface area (Å²) in [7, 11) is 0. The quantitative estimate of drug-likeness (QED) is 0.826. The Morgan fingerprint density at radius 3 is 2.38 bits per heavy atom. The van der Waals surface area contributed by atoms with Crippen molar-refractivity contribution in [3.8, 4) is 0 Å². The van der Waals surface area contributed by atoms with E-state index in [1.54, 1.807) is 0 Å². The first-order chi connectivity index (χ1) is 7.32. The maximum atomic E-state index is 9.23. The van der Waals surface area contributed by atoms with Crippen molar-refractivity contribution in [1.29, 1.82) is 0 Å². The molecule has 0 spiro atoms. The number of aliphatic hydroxyl groups excluding tert-OH is 1. The van der Waals surface area contributed by atoms with Gasteiger partial charge in [0.2, 0.25) is 0 Å². The molecule has 1 aromatic rings. The first kappa shape index (κ1) is 13.0. The number of nitrogens with one attached hydrogen (secondary N) is 1. The summed E-state index contributed by atoms with van der Waals surface area (Å²) in [6.45, 7) is 10.6. The van der Waals surface area contributed by atoms with Crippen molar-refractivity contribution in [3.63, 3.8) is 0 Å². The highest BCUT2D eigenvalue weighted by atomic mass is 16.3. The molecule has 0 bridgehead atoms. The van der Waals surface area contributed by atoms with Gasteiger partial charge in [-0.05, 0) is 31.5 Å². The number of aliphatic hydroxyl groups is 1. The number of hydrogen-bond acceptors (Lipinski definition) is 3. The molecule has 0 saturated heterocycles. The number of anilines is 1. The average Bonchev–Trinajstić information content (AvgIpc) is 2.14. The van der Waals surface area contributed by atoms with Crippen LogP contribution < -0.4 is 5.32 Å². The van der Waals surface area contributed by atoms with Crippen molar-refractivity contribution in [2.75, 3.05) is 5.32 Å². The SMILES string of the molecule is CC(C)Nc1cc(CO)cc(C(C)(C)C)n1. The monoisotopic (exact) mass is 222 g/mol. The topological polar surface area (TPSA) is 45.1 Å². The Morgan fingerprint density at radius 1 is 1.31 bits per heavy atom. The van der Waals surface area contributed by atoms with E-state index in [1.807, 2.05) is 12.1 Å². The molecule has 0 fully saturated rings. The second-order valence-electron chi connectivity index (χ2n) is 5.45. The number of rotatable bonds is 3. The van der Waals surface area contributed by atoms with Gasteiger partial charge in [0.05, 0.1) is 6.61 Å². The Bertz CT molecular complexity index is 353. The van der Waals surface area contributed by atoms with Gasteiger partial charge in [-0.3, -0.25) is 0 Å². The van der Waals surface area contributed by atoms with Crippen LogP contribution in [0.2, 0.25) is 0 Å². The summed E-state index contributed by atoms with van der Waals surface area (Å²) in [5.41, 5.74) is 1.91. The van der Waals surface area contributed by atoms with E-state index in [4.69, 9.17) is 0 Å². The average molecular weight is 222 g/mol. The van der Waals surface area contributed by atoms with Gasteiger partial charge in [0.1, 0.15) is 5.82 Å². The summed E-state index contributed by atoms with van der Waals surface area (Å²) < 4.78 is 0. The van der Waals surface area contributed by atoms with Crippen LogP contribution >= 0.6 is 0 Å². The molecule has 0 aliphatic carbocycles. The molecule has 2 N–H and O–H groups in total. The summed E-state index contributed by atoms with van der Waals surface area (Å²) in [5.74, 6) is 0.839. The van der Waals surface area contributed by atoms with Crippen LogP contribution in [0.25, 0.3) is 0 Å². The zero-order valence-corrected chi connectivity index (χ0v) is 10.8. The molecule has 1 rings (SSSR count). The van der Waals surface area contributed by atoms with Crippen molar-refractivity contribution in [2.45, 2.75) is 52.7 Å². The maximum Gasteiger partial charge on any atom is 0.126 e. The van der Waals surface area contributed by atoms with E-state index in [0.717, 1.165) is 17.1 Å². The van der Waals surface area contributed by atoms with Crippen LogP contribution in [-0.4, -0.2) is 16.1 Å². The smallest absolute Gasteiger partial charge is 0.126 e. The van der Waals surface area contributed by atoms with Gasteiger partial charge in [0.25, 0.3) is 0 Å². The molecule has 0 saturated carbocycles. The Balaban J connectivity index is 3.11. The fourth-order valence-corrected chi connectivity index (χ4v) is 1.43. The van der Waals surface area contributed by atoms with E-state index < -0.39 is 0 Å². The zero-order chi connectivity index (χ0) is 12.3. The molecule has 0 radical (unpaired) electrons. The summed E-state index contributed by atoms with van der Waals surface area (Å²) in [6.07, 6.45) is 0. The third-order valence-electron chi connectivity index (χ3n) is 2.27. The molecule has 3 nitrogen and oxygen atoms in total. The van der Waals surface area contributed by atoms with Gasteiger partial charge in [-0.2, -0.15) is 0 Å². The Morgan fingerprint density at radius 2 is 1.94 bits per heavy atom. The van der Waals surface area contributed by atoms with Gasteiger partial charge in [0, 0.05) is 17.2 Å². The minimum Gasteiger partial charge on any atom is -0.392 e. The Labute approximate surface area is 97.9 Å². The molecule has 0 amide bonds. The second-order valence-corrected chi connectivity index (χ2v) is 5.45. The largest absolute Gasteiger partial charge is 0.392 e. The molecule has 1 aromatic heterocycles. The lowest BCUT2D eigenvalue weighted by Gasteiger charge is -2.20. The number of hydrogen-bond donors (Lipinski definition) is 2. The lowest BCUT2D eigenvalue weighted by atomic mass is 9.91. The predicted octanol–water partition coefficient (Wildman–Crippen LogP) is 2.69.